The largest absolute Gasteiger partial charge is 0.481 e. The standard InChI is InChI=1S/C21H27NO2/c1-6-17-10-12-18(13-11-17)24-16(5)21(23)22-20-15(4)8-7-9-19(20)14(2)3/h7-14,16H,6H2,1-5H3,(H,22,23). The molecule has 1 amide bonds. The molecule has 2 aromatic rings. The molecule has 1 unspecified atom stereocenters. The minimum Gasteiger partial charge on any atom is -0.481 e. The number of nitrogens with one attached hydrogen (secondary N) is 1. The van der Waals surface area contributed by atoms with Gasteiger partial charge in [0.25, 0.3) is 5.91 Å². The summed E-state index contributed by atoms with van der Waals surface area (Å²) in [5.41, 5.74) is 4.35. The van der Waals surface area contributed by atoms with E-state index in [0.29, 0.717) is 11.7 Å². The zero-order valence-corrected chi connectivity index (χ0v) is 15.2. The first kappa shape index (κ1) is 18.1. The van der Waals surface area contributed by atoms with E-state index in [2.05, 4.69) is 32.2 Å². The zero-order valence-electron chi connectivity index (χ0n) is 15.2. The fourth-order valence-corrected chi connectivity index (χ4v) is 2.63. The summed E-state index contributed by atoms with van der Waals surface area (Å²) in [6, 6.07) is 14.0. The van der Waals surface area contributed by atoms with Crippen molar-refractivity contribution in [1.29, 1.82) is 0 Å². The summed E-state index contributed by atoms with van der Waals surface area (Å²) in [5.74, 6) is 0.924. The predicted octanol–water partition coefficient (Wildman–Crippen LogP) is 5.09. The van der Waals surface area contributed by atoms with E-state index in [9.17, 15) is 4.79 Å². The van der Waals surface area contributed by atoms with Gasteiger partial charge in [-0.2, -0.15) is 0 Å². The van der Waals surface area contributed by atoms with Gasteiger partial charge in [0.15, 0.2) is 6.10 Å². The van der Waals surface area contributed by atoms with Gasteiger partial charge in [0.2, 0.25) is 0 Å². The van der Waals surface area contributed by atoms with Crippen LogP contribution in [0.2, 0.25) is 0 Å². The second kappa shape index (κ2) is 8.00. The molecular formula is C21H27NO2. The Bertz CT molecular complexity index is 689. The van der Waals surface area contributed by atoms with Gasteiger partial charge in [-0.1, -0.05) is 51.1 Å². The molecule has 0 aromatic heterocycles. The first-order valence-electron chi connectivity index (χ1n) is 8.58. The van der Waals surface area contributed by atoms with Crippen LogP contribution in [0, 0.1) is 6.92 Å². The highest BCUT2D eigenvalue weighted by Gasteiger charge is 2.18. The molecule has 0 radical (unpaired) electrons. The van der Waals surface area contributed by atoms with E-state index in [1.807, 2.05) is 43.3 Å². The molecule has 0 aliphatic carbocycles. The lowest BCUT2D eigenvalue weighted by molar-refractivity contribution is -0.122. The van der Waals surface area contributed by atoms with Gasteiger partial charge in [-0.3, -0.25) is 4.79 Å². The van der Waals surface area contributed by atoms with Crippen LogP contribution in [0.5, 0.6) is 5.75 Å². The molecule has 0 saturated heterocycles. The predicted molar refractivity (Wildman–Crippen MR) is 99.8 cm³/mol. The molecule has 0 fully saturated rings. The second-order valence-electron chi connectivity index (χ2n) is 6.44. The van der Waals surface area contributed by atoms with Crippen molar-refractivity contribution >= 4 is 11.6 Å². The van der Waals surface area contributed by atoms with E-state index in [4.69, 9.17) is 4.74 Å². The number of para-hydroxylation sites is 1. The molecule has 1 atom stereocenters. The number of benzene rings is 2. The Kier molecular flexibility index (Phi) is 6.02. The molecule has 2 rings (SSSR count). The van der Waals surface area contributed by atoms with E-state index in [0.717, 1.165) is 23.2 Å². The summed E-state index contributed by atoms with van der Waals surface area (Å²) >= 11 is 0. The van der Waals surface area contributed by atoms with Crippen LogP contribution in [0.3, 0.4) is 0 Å². The van der Waals surface area contributed by atoms with Crippen LogP contribution in [-0.4, -0.2) is 12.0 Å². The molecule has 3 nitrogen and oxygen atoms in total. The van der Waals surface area contributed by atoms with Crippen molar-refractivity contribution in [2.24, 2.45) is 0 Å². The van der Waals surface area contributed by atoms with E-state index in [1.54, 1.807) is 6.92 Å². The maximum atomic E-state index is 12.5. The summed E-state index contributed by atoms with van der Waals surface area (Å²) in [7, 11) is 0. The van der Waals surface area contributed by atoms with Crippen LogP contribution in [0.4, 0.5) is 5.69 Å². The lowest BCUT2D eigenvalue weighted by Gasteiger charge is -2.19. The highest BCUT2D eigenvalue weighted by molar-refractivity contribution is 5.95. The number of anilines is 1. The van der Waals surface area contributed by atoms with Gasteiger partial charge in [-0.05, 0) is 55.0 Å². The Morgan fingerprint density at radius 2 is 1.75 bits per heavy atom. The average molecular weight is 325 g/mol. The smallest absolute Gasteiger partial charge is 0.265 e. The molecule has 0 bridgehead atoms. The topological polar surface area (TPSA) is 38.3 Å². The van der Waals surface area contributed by atoms with Crippen molar-refractivity contribution in [3.63, 3.8) is 0 Å². The molecule has 3 heteroatoms. The van der Waals surface area contributed by atoms with Crippen LogP contribution >= 0.6 is 0 Å². The Morgan fingerprint density at radius 1 is 1.08 bits per heavy atom. The summed E-state index contributed by atoms with van der Waals surface area (Å²) in [5, 5.41) is 3.04. The van der Waals surface area contributed by atoms with Crippen LogP contribution in [0.15, 0.2) is 42.5 Å². The SMILES string of the molecule is CCc1ccc(OC(C)C(=O)Nc2c(C)cccc2C(C)C)cc1. The fraction of sp³-hybridized carbons (Fsp3) is 0.381. The molecule has 0 aliphatic rings. The van der Waals surface area contributed by atoms with Gasteiger partial charge in [-0.25, -0.2) is 0 Å². The number of rotatable bonds is 6. The number of ether oxygens (including phenoxy) is 1. The monoisotopic (exact) mass is 325 g/mol. The van der Waals surface area contributed by atoms with Gasteiger partial charge in [-0.15, -0.1) is 0 Å². The average Bonchev–Trinajstić information content (AvgIpc) is 2.57. The molecule has 2 aromatic carbocycles. The van der Waals surface area contributed by atoms with Crippen LogP contribution in [-0.2, 0) is 11.2 Å². The Balaban J connectivity index is 2.09. The third-order valence-corrected chi connectivity index (χ3v) is 4.19. The van der Waals surface area contributed by atoms with Crippen LogP contribution in [0.1, 0.15) is 50.3 Å². The van der Waals surface area contributed by atoms with E-state index in [-0.39, 0.29) is 5.91 Å². The maximum Gasteiger partial charge on any atom is 0.265 e. The molecule has 0 spiro atoms. The summed E-state index contributed by atoms with van der Waals surface area (Å²) < 4.78 is 5.78. The molecule has 0 saturated carbocycles. The van der Waals surface area contributed by atoms with Gasteiger partial charge in [0, 0.05) is 5.69 Å². The number of carbonyl (C=O) groups is 1. The van der Waals surface area contributed by atoms with Crippen molar-refractivity contribution in [1.82, 2.24) is 0 Å². The Morgan fingerprint density at radius 3 is 2.33 bits per heavy atom. The van der Waals surface area contributed by atoms with E-state index in [1.165, 1.54) is 5.56 Å². The zero-order chi connectivity index (χ0) is 17.7. The highest BCUT2D eigenvalue weighted by Crippen LogP contribution is 2.27. The number of amides is 1. The van der Waals surface area contributed by atoms with Gasteiger partial charge >= 0.3 is 0 Å². The molecule has 128 valence electrons. The van der Waals surface area contributed by atoms with Crippen molar-refractivity contribution in [2.45, 2.75) is 53.1 Å². The number of carbonyl (C=O) groups excluding carboxylic acids is 1. The van der Waals surface area contributed by atoms with Crippen molar-refractivity contribution in [3.05, 3.63) is 59.2 Å². The van der Waals surface area contributed by atoms with E-state index < -0.39 is 6.10 Å². The van der Waals surface area contributed by atoms with Crippen molar-refractivity contribution in [2.75, 3.05) is 5.32 Å². The van der Waals surface area contributed by atoms with E-state index >= 15 is 0 Å². The first-order chi connectivity index (χ1) is 11.4. The lowest BCUT2D eigenvalue weighted by Crippen LogP contribution is -2.30. The van der Waals surface area contributed by atoms with Gasteiger partial charge in [0.05, 0.1) is 0 Å². The molecule has 24 heavy (non-hydrogen) atoms. The summed E-state index contributed by atoms with van der Waals surface area (Å²) in [6.07, 6.45) is 0.429. The number of hydrogen-bond acceptors (Lipinski definition) is 2. The Labute approximate surface area is 145 Å². The number of hydrogen-bond donors (Lipinski definition) is 1. The summed E-state index contributed by atoms with van der Waals surface area (Å²) in [6.45, 7) is 10.1. The van der Waals surface area contributed by atoms with Crippen LogP contribution < -0.4 is 10.1 Å². The third kappa shape index (κ3) is 4.38. The minimum atomic E-state index is -0.558. The fourth-order valence-electron chi connectivity index (χ4n) is 2.63. The van der Waals surface area contributed by atoms with Crippen molar-refractivity contribution < 1.29 is 9.53 Å². The first-order valence-corrected chi connectivity index (χ1v) is 8.58. The molecule has 1 N–H and O–H groups in total. The highest BCUT2D eigenvalue weighted by atomic mass is 16.5. The summed E-state index contributed by atoms with van der Waals surface area (Å²) in [4.78, 5) is 12.5. The molecule has 0 aliphatic heterocycles. The van der Waals surface area contributed by atoms with Gasteiger partial charge < -0.3 is 10.1 Å². The second-order valence-corrected chi connectivity index (χ2v) is 6.44. The maximum absolute atomic E-state index is 12.5. The molecular weight excluding hydrogens is 298 g/mol. The van der Waals surface area contributed by atoms with Crippen LogP contribution in [0.25, 0.3) is 0 Å². The third-order valence-electron chi connectivity index (χ3n) is 4.19. The molecule has 0 heterocycles. The quantitative estimate of drug-likeness (QED) is 0.803. The Hall–Kier alpha value is -2.29. The van der Waals surface area contributed by atoms with Gasteiger partial charge in [0.1, 0.15) is 5.75 Å². The lowest BCUT2D eigenvalue weighted by atomic mass is 9.98. The number of aryl methyl sites for hydroxylation is 2. The van der Waals surface area contributed by atoms with Crippen molar-refractivity contribution in [3.8, 4) is 5.75 Å². The normalized spacial score (nSPS) is 12.1. The minimum absolute atomic E-state index is 0.134.